The summed E-state index contributed by atoms with van der Waals surface area (Å²) in [6.07, 6.45) is 1.61. The lowest BCUT2D eigenvalue weighted by Crippen LogP contribution is -2.19. The Bertz CT molecular complexity index is 645. The summed E-state index contributed by atoms with van der Waals surface area (Å²) in [5.41, 5.74) is 7.37. The smallest absolute Gasteiger partial charge is 0.245 e. The second-order valence-electron chi connectivity index (χ2n) is 4.13. The molecule has 96 valence electrons. The van der Waals surface area contributed by atoms with Crippen LogP contribution in [0.4, 0.5) is 5.69 Å². The Balaban J connectivity index is 1.86. The van der Waals surface area contributed by atoms with Crippen molar-refractivity contribution in [2.24, 2.45) is 5.73 Å². The summed E-state index contributed by atoms with van der Waals surface area (Å²) in [6, 6.07) is 8.78. The minimum atomic E-state index is -0.567. The summed E-state index contributed by atoms with van der Waals surface area (Å²) in [6.45, 7) is 0. The van der Waals surface area contributed by atoms with Crippen LogP contribution in [0.3, 0.4) is 0 Å². The molecule has 3 N–H and O–H groups in total. The molecule has 0 aliphatic carbocycles. The number of nitrogens with two attached hydrogens (primary N) is 1. The van der Waals surface area contributed by atoms with Crippen molar-refractivity contribution in [3.8, 4) is 0 Å². The first-order chi connectivity index (χ1) is 9.13. The molecule has 19 heavy (non-hydrogen) atoms. The van der Waals surface area contributed by atoms with E-state index in [-0.39, 0.29) is 5.91 Å². The third kappa shape index (κ3) is 2.45. The Morgan fingerprint density at radius 3 is 2.89 bits per heavy atom. The van der Waals surface area contributed by atoms with Crippen molar-refractivity contribution in [1.82, 2.24) is 4.98 Å². The maximum atomic E-state index is 11.5. The summed E-state index contributed by atoms with van der Waals surface area (Å²) >= 11 is 7.29. The van der Waals surface area contributed by atoms with Gasteiger partial charge in [-0.05, 0) is 24.3 Å². The van der Waals surface area contributed by atoms with Gasteiger partial charge in [0.05, 0.1) is 5.02 Å². The molecule has 3 rings (SSSR count). The number of halogens is 1. The van der Waals surface area contributed by atoms with Crippen molar-refractivity contribution in [1.29, 1.82) is 0 Å². The van der Waals surface area contributed by atoms with Gasteiger partial charge in [-0.3, -0.25) is 4.79 Å². The van der Waals surface area contributed by atoms with Crippen molar-refractivity contribution in [3.63, 3.8) is 0 Å². The van der Waals surface area contributed by atoms with Gasteiger partial charge in [0.1, 0.15) is 11.1 Å². The fourth-order valence-electron chi connectivity index (χ4n) is 1.87. The number of amides is 1. The van der Waals surface area contributed by atoms with Crippen LogP contribution in [0, 0.1) is 0 Å². The molecule has 1 atom stereocenters. The lowest BCUT2D eigenvalue weighted by molar-refractivity contribution is -0.116. The van der Waals surface area contributed by atoms with Crippen molar-refractivity contribution in [2.75, 3.05) is 5.32 Å². The molecule has 1 aliphatic rings. The SMILES string of the molecule is NC1C(=O)Nc2cc(Sc3ccc(Cl)cn3)ccc21. The van der Waals surface area contributed by atoms with Crippen LogP contribution < -0.4 is 11.1 Å². The predicted octanol–water partition coefficient (Wildman–Crippen LogP) is 2.84. The first-order valence-electron chi connectivity index (χ1n) is 5.63. The highest BCUT2D eigenvalue weighted by atomic mass is 35.5. The van der Waals surface area contributed by atoms with E-state index in [2.05, 4.69) is 10.3 Å². The summed E-state index contributed by atoms with van der Waals surface area (Å²) in [7, 11) is 0. The molecule has 1 aliphatic heterocycles. The molecule has 1 aromatic heterocycles. The van der Waals surface area contributed by atoms with Gasteiger partial charge in [-0.15, -0.1) is 0 Å². The minimum absolute atomic E-state index is 0.165. The van der Waals surface area contributed by atoms with Crippen LogP contribution >= 0.6 is 23.4 Å². The highest BCUT2D eigenvalue weighted by Crippen LogP contribution is 2.35. The number of benzene rings is 1. The molecule has 6 heteroatoms. The molecule has 1 aromatic carbocycles. The number of hydrogen-bond acceptors (Lipinski definition) is 4. The number of rotatable bonds is 2. The fraction of sp³-hybridized carbons (Fsp3) is 0.0769. The fourth-order valence-corrected chi connectivity index (χ4v) is 2.78. The monoisotopic (exact) mass is 291 g/mol. The van der Waals surface area contributed by atoms with Crippen LogP contribution in [-0.2, 0) is 4.79 Å². The number of hydrogen-bond donors (Lipinski definition) is 2. The molecule has 0 spiro atoms. The van der Waals surface area contributed by atoms with Gasteiger partial charge in [0, 0.05) is 22.3 Å². The number of fused-ring (bicyclic) bond motifs is 1. The van der Waals surface area contributed by atoms with E-state index in [1.165, 1.54) is 11.8 Å². The Morgan fingerprint density at radius 1 is 1.32 bits per heavy atom. The normalized spacial score (nSPS) is 17.2. The third-order valence-corrected chi connectivity index (χ3v) is 3.99. The zero-order valence-electron chi connectivity index (χ0n) is 9.76. The highest BCUT2D eigenvalue weighted by molar-refractivity contribution is 7.99. The second-order valence-corrected chi connectivity index (χ2v) is 5.66. The van der Waals surface area contributed by atoms with Crippen LogP contribution in [0.25, 0.3) is 0 Å². The van der Waals surface area contributed by atoms with E-state index >= 15 is 0 Å². The number of carbonyl (C=O) groups is 1. The van der Waals surface area contributed by atoms with E-state index in [1.54, 1.807) is 12.3 Å². The summed E-state index contributed by atoms with van der Waals surface area (Å²) < 4.78 is 0. The zero-order chi connectivity index (χ0) is 13.4. The summed E-state index contributed by atoms with van der Waals surface area (Å²) in [5.74, 6) is -0.165. The largest absolute Gasteiger partial charge is 0.324 e. The average molecular weight is 292 g/mol. The summed E-state index contributed by atoms with van der Waals surface area (Å²) in [4.78, 5) is 16.7. The van der Waals surface area contributed by atoms with Crippen molar-refractivity contribution >= 4 is 35.0 Å². The lowest BCUT2D eigenvalue weighted by Gasteiger charge is -2.05. The number of anilines is 1. The molecule has 4 nitrogen and oxygen atoms in total. The zero-order valence-corrected chi connectivity index (χ0v) is 11.3. The molecule has 0 radical (unpaired) electrons. The number of pyridine rings is 1. The first-order valence-corrected chi connectivity index (χ1v) is 6.83. The molecule has 2 heterocycles. The summed E-state index contributed by atoms with van der Waals surface area (Å²) in [5, 5.41) is 4.22. The Labute approximate surface area is 119 Å². The van der Waals surface area contributed by atoms with Crippen LogP contribution in [0.15, 0.2) is 46.5 Å². The highest BCUT2D eigenvalue weighted by Gasteiger charge is 2.26. The van der Waals surface area contributed by atoms with Crippen LogP contribution in [0.1, 0.15) is 11.6 Å². The molecule has 1 unspecified atom stereocenters. The Hall–Kier alpha value is -1.56. The second kappa shape index (κ2) is 4.85. The van der Waals surface area contributed by atoms with Crippen molar-refractivity contribution < 1.29 is 4.79 Å². The van der Waals surface area contributed by atoms with Crippen LogP contribution in [0.5, 0.6) is 0 Å². The van der Waals surface area contributed by atoms with Gasteiger partial charge in [0.2, 0.25) is 5.91 Å². The predicted molar refractivity (Wildman–Crippen MR) is 75.4 cm³/mol. The third-order valence-electron chi connectivity index (χ3n) is 2.82. The number of nitrogens with zero attached hydrogens (tertiary/aromatic N) is 1. The van der Waals surface area contributed by atoms with E-state index in [0.717, 1.165) is 21.2 Å². The molecular formula is C13H10ClN3OS. The van der Waals surface area contributed by atoms with Gasteiger partial charge in [0.15, 0.2) is 0 Å². The van der Waals surface area contributed by atoms with E-state index < -0.39 is 6.04 Å². The molecule has 0 saturated heterocycles. The molecule has 1 amide bonds. The van der Waals surface area contributed by atoms with Gasteiger partial charge in [-0.2, -0.15) is 0 Å². The Kier molecular flexibility index (Phi) is 3.18. The first kappa shape index (κ1) is 12.5. The number of carbonyl (C=O) groups excluding carboxylic acids is 1. The topological polar surface area (TPSA) is 68.0 Å². The van der Waals surface area contributed by atoms with Crippen molar-refractivity contribution in [3.05, 3.63) is 47.1 Å². The lowest BCUT2D eigenvalue weighted by atomic mass is 10.1. The Morgan fingerprint density at radius 2 is 2.16 bits per heavy atom. The number of aromatic nitrogens is 1. The van der Waals surface area contributed by atoms with Gasteiger partial charge < -0.3 is 11.1 Å². The van der Waals surface area contributed by atoms with Gasteiger partial charge >= 0.3 is 0 Å². The molecule has 0 saturated carbocycles. The van der Waals surface area contributed by atoms with Gasteiger partial charge in [-0.1, -0.05) is 29.4 Å². The maximum absolute atomic E-state index is 11.5. The molecule has 0 bridgehead atoms. The minimum Gasteiger partial charge on any atom is -0.324 e. The quantitative estimate of drug-likeness (QED) is 0.893. The van der Waals surface area contributed by atoms with Crippen LogP contribution in [-0.4, -0.2) is 10.9 Å². The molecule has 2 aromatic rings. The van der Waals surface area contributed by atoms with Crippen LogP contribution in [0.2, 0.25) is 5.02 Å². The van der Waals surface area contributed by atoms with E-state index in [9.17, 15) is 4.79 Å². The van der Waals surface area contributed by atoms with E-state index in [4.69, 9.17) is 17.3 Å². The van der Waals surface area contributed by atoms with E-state index in [1.807, 2.05) is 24.3 Å². The molecular weight excluding hydrogens is 282 g/mol. The van der Waals surface area contributed by atoms with E-state index in [0.29, 0.717) is 5.02 Å². The van der Waals surface area contributed by atoms with Crippen molar-refractivity contribution in [2.45, 2.75) is 16.0 Å². The standard InChI is InChI=1S/C13H10ClN3OS/c14-7-1-4-11(16-6-7)19-8-2-3-9-10(5-8)17-13(18)12(9)15/h1-6,12H,15H2,(H,17,18). The average Bonchev–Trinajstić information content (AvgIpc) is 2.68. The maximum Gasteiger partial charge on any atom is 0.245 e. The number of nitrogens with one attached hydrogen (secondary N) is 1. The molecule has 0 fully saturated rings. The van der Waals surface area contributed by atoms with Gasteiger partial charge in [0.25, 0.3) is 0 Å². The van der Waals surface area contributed by atoms with Gasteiger partial charge in [-0.25, -0.2) is 4.98 Å².